The molecule has 228 valence electrons. The number of nitrogens with one attached hydrogen (secondary N) is 2. The number of alkyl halides is 2. The molecule has 4 aliphatic heterocycles. The summed E-state index contributed by atoms with van der Waals surface area (Å²) in [7, 11) is -3.46. The lowest BCUT2D eigenvalue weighted by Gasteiger charge is -2.42. The van der Waals surface area contributed by atoms with E-state index >= 15 is 0 Å². The summed E-state index contributed by atoms with van der Waals surface area (Å²) in [5.74, 6) is -3.59. The van der Waals surface area contributed by atoms with Crippen LogP contribution in [-0.4, -0.2) is 73.4 Å². The third-order valence-electron chi connectivity index (χ3n) is 8.97. The summed E-state index contributed by atoms with van der Waals surface area (Å²) < 4.78 is 64.0. The van der Waals surface area contributed by atoms with Crippen LogP contribution in [0, 0.1) is 11.3 Å². The van der Waals surface area contributed by atoms with Crippen molar-refractivity contribution in [3.8, 4) is 22.9 Å². The molecule has 3 fully saturated rings. The maximum absolute atomic E-state index is 14.9. The van der Waals surface area contributed by atoms with E-state index in [2.05, 4.69) is 37.0 Å². The Balaban J connectivity index is 1.29. The summed E-state index contributed by atoms with van der Waals surface area (Å²) in [6, 6.07) is 8.54. The van der Waals surface area contributed by atoms with Crippen LogP contribution < -0.4 is 19.8 Å². The highest BCUT2D eigenvalue weighted by Gasteiger charge is 2.44. The van der Waals surface area contributed by atoms with Crippen molar-refractivity contribution < 1.29 is 26.4 Å². The van der Waals surface area contributed by atoms with Crippen molar-refractivity contribution in [1.29, 1.82) is 0 Å². The van der Waals surface area contributed by atoms with Crippen LogP contribution >= 0.6 is 0 Å². The number of piperidine rings is 2. The van der Waals surface area contributed by atoms with Crippen LogP contribution in [0.15, 0.2) is 40.9 Å². The van der Waals surface area contributed by atoms with E-state index in [1.165, 1.54) is 11.1 Å². The summed E-state index contributed by atoms with van der Waals surface area (Å²) in [6.45, 7) is 3.29. The highest BCUT2D eigenvalue weighted by atomic mass is 32.2. The molecule has 1 saturated carbocycles. The molecule has 1 unspecified atom stereocenters. The highest BCUT2D eigenvalue weighted by molar-refractivity contribution is 7.93. The maximum Gasteiger partial charge on any atom is 0.266 e. The molecule has 2 aromatic heterocycles. The number of aromatic nitrogens is 3. The smallest absolute Gasteiger partial charge is 0.266 e. The molecule has 43 heavy (non-hydrogen) atoms. The summed E-state index contributed by atoms with van der Waals surface area (Å²) in [6.07, 6.45) is 3.74. The molecule has 1 aliphatic carbocycles. The number of halogens is 2. The summed E-state index contributed by atoms with van der Waals surface area (Å²) in [4.78, 5) is 21.1. The highest BCUT2D eigenvalue weighted by Crippen LogP contribution is 2.40. The van der Waals surface area contributed by atoms with Crippen LogP contribution in [-0.2, 0) is 14.8 Å². The van der Waals surface area contributed by atoms with E-state index in [-0.39, 0.29) is 34.9 Å². The third-order valence-corrected chi connectivity index (χ3v) is 10.8. The Labute approximate surface area is 248 Å². The first-order valence-corrected chi connectivity index (χ1v) is 16.1. The van der Waals surface area contributed by atoms with Gasteiger partial charge >= 0.3 is 0 Å². The predicted octanol–water partition coefficient (Wildman–Crippen LogP) is 3.90. The first-order valence-electron chi connectivity index (χ1n) is 14.6. The molecule has 11 nitrogen and oxygen atoms in total. The molecular formula is C29H33F2N7O4S. The summed E-state index contributed by atoms with van der Waals surface area (Å²) in [5.41, 5.74) is 2.14. The standard InChI is InChI=1S/C29H33F2N7O4S/c1-28-7-10-37(11-8-28)23-13-20(36-43(40,41)21-3-4-21)2-5-22(23)27-35-34-26(42-27)18-6-9-32-24(12-18)38-15-19(25(39)33-16-28)14-29(30,31)17-38/h2,5-6,9,12-13,19,21,36H,3-4,7-8,10-11,14-17H2,1H3,(H,33,39). The first kappa shape index (κ1) is 28.0. The van der Waals surface area contributed by atoms with Crippen molar-refractivity contribution in [3.63, 3.8) is 0 Å². The zero-order valence-corrected chi connectivity index (χ0v) is 24.5. The van der Waals surface area contributed by atoms with Crippen LogP contribution in [0.25, 0.3) is 22.9 Å². The van der Waals surface area contributed by atoms with Gasteiger partial charge < -0.3 is 19.5 Å². The number of amides is 1. The lowest BCUT2D eigenvalue weighted by atomic mass is 9.79. The van der Waals surface area contributed by atoms with Gasteiger partial charge in [0.1, 0.15) is 5.82 Å². The monoisotopic (exact) mass is 613 g/mol. The van der Waals surface area contributed by atoms with E-state index in [9.17, 15) is 22.0 Å². The maximum atomic E-state index is 14.9. The predicted molar refractivity (Wildman–Crippen MR) is 156 cm³/mol. The van der Waals surface area contributed by atoms with Gasteiger partial charge in [-0.2, -0.15) is 0 Å². The normalized spacial score (nSPS) is 25.4. The molecule has 0 spiro atoms. The molecule has 5 aliphatic rings. The van der Waals surface area contributed by atoms with Crippen molar-refractivity contribution in [1.82, 2.24) is 20.5 Å². The molecule has 8 rings (SSSR count). The van der Waals surface area contributed by atoms with Gasteiger partial charge in [-0.1, -0.05) is 6.92 Å². The Kier molecular flexibility index (Phi) is 6.60. The average molecular weight is 614 g/mol. The quantitative estimate of drug-likeness (QED) is 0.451. The van der Waals surface area contributed by atoms with Crippen LogP contribution in [0.2, 0.25) is 0 Å². The van der Waals surface area contributed by atoms with Crippen molar-refractivity contribution in [2.24, 2.45) is 11.3 Å². The van der Waals surface area contributed by atoms with Gasteiger partial charge in [0.25, 0.3) is 5.92 Å². The number of rotatable bonds is 3. The van der Waals surface area contributed by atoms with Gasteiger partial charge in [-0.05, 0) is 61.4 Å². The van der Waals surface area contributed by atoms with Crippen molar-refractivity contribution in [3.05, 3.63) is 36.5 Å². The van der Waals surface area contributed by atoms with E-state index in [0.29, 0.717) is 55.1 Å². The molecule has 14 heteroatoms. The van der Waals surface area contributed by atoms with Gasteiger partial charge in [0.05, 0.1) is 34.7 Å². The number of sulfonamides is 1. The van der Waals surface area contributed by atoms with Gasteiger partial charge in [-0.15, -0.1) is 10.2 Å². The molecule has 2 N–H and O–H groups in total. The fourth-order valence-corrected chi connectivity index (χ4v) is 7.57. The molecule has 3 aromatic rings. The van der Waals surface area contributed by atoms with Crippen molar-refractivity contribution in [2.45, 2.75) is 50.2 Å². The van der Waals surface area contributed by atoms with E-state index in [0.717, 1.165) is 18.5 Å². The fraction of sp³-hybridized carbons (Fsp3) is 0.517. The number of benzene rings is 1. The zero-order chi connectivity index (χ0) is 30.0. The van der Waals surface area contributed by atoms with Gasteiger partial charge in [0.2, 0.25) is 27.7 Å². The second-order valence-corrected chi connectivity index (χ2v) is 14.5. The Morgan fingerprint density at radius 1 is 1.07 bits per heavy atom. The fourth-order valence-electron chi connectivity index (χ4n) is 6.20. The number of pyridine rings is 1. The zero-order valence-electron chi connectivity index (χ0n) is 23.7. The molecule has 8 bridgehead atoms. The number of nitrogens with zero attached hydrogens (tertiary/aromatic N) is 5. The lowest BCUT2D eigenvalue weighted by Crippen LogP contribution is -2.53. The number of carbonyl (C=O) groups excluding carboxylic acids is 1. The third kappa shape index (κ3) is 5.64. The molecule has 0 radical (unpaired) electrons. The Bertz CT molecular complexity index is 1670. The van der Waals surface area contributed by atoms with Crippen LogP contribution in [0.5, 0.6) is 0 Å². The number of hydrogen-bond donors (Lipinski definition) is 2. The number of anilines is 3. The largest absolute Gasteiger partial charge is 0.416 e. The number of carbonyl (C=O) groups is 1. The van der Waals surface area contributed by atoms with Gasteiger partial charge in [0, 0.05) is 44.4 Å². The van der Waals surface area contributed by atoms with E-state index in [4.69, 9.17) is 4.42 Å². The lowest BCUT2D eigenvalue weighted by molar-refractivity contribution is -0.130. The van der Waals surface area contributed by atoms with Crippen LogP contribution in [0.1, 0.15) is 39.0 Å². The molecule has 1 aromatic carbocycles. The number of hydrogen-bond acceptors (Lipinski definition) is 9. The van der Waals surface area contributed by atoms with Gasteiger partial charge in [0.15, 0.2) is 0 Å². The Hall–Kier alpha value is -3.81. The first-order chi connectivity index (χ1) is 20.5. The van der Waals surface area contributed by atoms with E-state index < -0.39 is 34.8 Å². The SMILES string of the molecule is CC12CCN(CC1)c1cc(NS(=O)(=O)C3CC3)ccc1-c1nnc(o1)-c1ccnc(c1)N1CC(CC(F)(F)C1)C(=O)NC2. The average Bonchev–Trinajstić information content (AvgIpc) is 3.73. The second kappa shape index (κ2) is 10.1. The minimum atomic E-state index is -3.46. The van der Waals surface area contributed by atoms with Crippen LogP contribution in [0.3, 0.4) is 0 Å². The summed E-state index contributed by atoms with van der Waals surface area (Å²) >= 11 is 0. The molecule has 2 saturated heterocycles. The molecule has 1 atom stereocenters. The minimum Gasteiger partial charge on any atom is -0.416 e. The summed E-state index contributed by atoms with van der Waals surface area (Å²) in [5, 5.41) is 11.2. The van der Waals surface area contributed by atoms with Gasteiger partial charge in [-0.3, -0.25) is 9.52 Å². The number of fused-ring (bicyclic) bond motifs is 4. The van der Waals surface area contributed by atoms with Crippen LogP contribution in [0.4, 0.5) is 26.0 Å². The second-order valence-electron chi connectivity index (χ2n) is 12.5. The Morgan fingerprint density at radius 3 is 2.60 bits per heavy atom. The van der Waals surface area contributed by atoms with E-state index in [1.54, 1.807) is 30.3 Å². The molecular weight excluding hydrogens is 580 g/mol. The minimum absolute atomic E-state index is 0.123. The van der Waals surface area contributed by atoms with Crippen molar-refractivity contribution >= 4 is 33.1 Å². The Morgan fingerprint density at radius 2 is 1.84 bits per heavy atom. The van der Waals surface area contributed by atoms with E-state index in [1.807, 2.05) is 0 Å². The molecule has 6 heterocycles. The molecule has 1 amide bonds. The van der Waals surface area contributed by atoms with Gasteiger partial charge in [-0.25, -0.2) is 22.2 Å². The van der Waals surface area contributed by atoms with Crippen molar-refractivity contribution in [2.75, 3.05) is 47.2 Å². The topological polar surface area (TPSA) is 134 Å².